The van der Waals surface area contributed by atoms with Gasteiger partial charge in [0, 0.05) is 23.4 Å². The Balaban J connectivity index is 1.55. The first kappa shape index (κ1) is 16.5. The summed E-state index contributed by atoms with van der Waals surface area (Å²) >= 11 is 6.20. The smallest absolute Gasteiger partial charge is 0.255 e. The van der Waals surface area contributed by atoms with E-state index in [0.29, 0.717) is 27.8 Å². The van der Waals surface area contributed by atoms with Gasteiger partial charge in [-0.1, -0.05) is 11.6 Å². The number of nitrogens with one attached hydrogen (secondary N) is 1. The summed E-state index contributed by atoms with van der Waals surface area (Å²) in [5, 5.41) is 7.63. The topological polar surface area (TPSA) is 65.4 Å². The Kier molecular flexibility index (Phi) is 4.05. The van der Waals surface area contributed by atoms with Gasteiger partial charge in [-0.15, -0.1) is 0 Å². The Bertz CT molecular complexity index is 996. The van der Waals surface area contributed by atoms with Crippen molar-refractivity contribution in [1.82, 2.24) is 9.78 Å². The molecule has 132 valence electrons. The molecule has 1 aliphatic rings. The molecule has 1 amide bonds. The summed E-state index contributed by atoms with van der Waals surface area (Å²) < 4.78 is 12.4. The molecule has 0 bridgehead atoms. The van der Waals surface area contributed by atoms with Crippen LogP contribution in [0, 0.1) is 13.8 Å². The number of hydrogen-bond donors (Lipinski definition) is 1. The fourth-order valence-electron chi connectivity index (χ4n) is 2.85. The molecule has 3 aromatic rings. The van der Waals surface area contributed by atoms with E-state index >= 15 is 0 Å². The molecule has 0 spiro atoms. The van der Waals surface area contributed by atoms with Crippen LogP contribution in [0.1, 0.15) is 21.7 Å². The second-order valence-corrected chi connectivity index (χ2v) is 6.43. The van der Waals surface area contributed by atoms with Gasteiger partial charge in [0.1, 0.15) is 0 Å². The number of anilines is 1. The van der Waals surface area contributed by atoms with E-state index in [1.165, 1.54) is 0 Å². The van der Waals surface area contributed by atoms with Crippen LogP contribution in [0.5, 0.6) is 11.5 Å². The van der Waals surface area contributed by atoms with Gasteiger partial charge < -0.3 is 14.8 Å². The van der Waals surface area contributed by atoms with Crippen molar-refractivity contribution in [3.8, 4) is 17.2 Å². The van der Waals surface area contributed by atoms with Gasteiger partial charge >= 0.3 is 0 Å². The first-order chi connectivity index (χ1) is 12.5. The highest BCUT2D eigenvalue weighted by Gasteiger charge is 2.18. The van der Waals surface area contributed by atoms with Crippen LogP contribution in [0.3, 0.4) is 0 Å². The van der Waals surface area contributed by atoms with Gasteiger partial charge in [-0.05, 0) is 44.2 Å². The number of aromatic nitrogens is 2. The van der Waals surface area contributed by atoms with Crippen LogP contribution < -0.4 is 14.8 Å². The fourth-order valence-corrected chi connectivity index (χ4v) is 3.05. The zero-order valence-corrected chi connectivity index (χ0v) is 15.0. The molecule has 1 N–H and O–H groups in total. The van der Waals surface area contributed by atoms with Crippen molar-refractivity contribution < 1.29 is 14.3 Å². The van der Waals surface area contributed by atoms with Crippen LogP contribution in [-0.4, -0.2) is 22.5 Å². The lowest BCUT2D eigenvalue weighted by Gasteiger charge is -2.09. The molecule has 4 rings (SSSR count). The SMILES string of the molecule is Cc1cc(C)n(-c2ccc(C(=O)Nc3cc4c(cc3Cl)OCO4)cc2)n1. The number of carbonyl (C=O) groups excluding carboxylic acids is 1. The van der Waals surface area contributed by atoms with E-state index in [0.717, 1.165) is 17.1 Å². The van der Waals surface area contributed by atoms with Gasteiger partial charge in [0.15, 0.2) is 11.5 Å². The molecule has 7 heteroatoms. The molecule has 0 saturated heterocycles. The highest BCUT2D eigenvalue weighted by atomic mass is 35.5. The maximum Gasteiger partial charge on any atom is 0.255 e. The monoisotopic (exact) mass is 369 g/mol. The molecule has 0 aliphatic carbocycles. The molecule has 1 aliphatic heterocycles. The third-order valence-corrected chi connectivity index (χ3v) is 4.41. The fraction of sp³-hybridized carbons (Fsp3) is 0.158. The van der Waals surface area contributed by atoms with Gasteiger partial charge in [-0.25, -0.2) is 4.68 Å². The molecule has 0 saturated carbocycles. The number of carbonyl (C=O) groups is 1. The minimum absolute atomic E-state index is 0.150. The number of benzene rings is 2. The first-order valence-corrected chi connectivity index (χ1v) is 8.43. The predicted octanol–water partition coefficient (Wildman–Crippen LogP) is 4.12. The molecule has 0 unspecified atom stereocenters. The molecule has 2 aromatic carbocycles. The summed E-state index contributed by atoms with van der Waals surface area (Å²) in [6.45, 7) is 4.08. The third kappa shape index (κ3) is 2.99. The number of nitrogens with zero attached hydrogens (tertiary/aromatic N) is 2. The maximum atomic E-state index is 12.5. The average Bonchev–Trinajstić information content (AvgIpc) is 3.20. The lowest BCUT2D eigenvalue weighted by atomic mass is 10.2. The second-order valence-electron chi connectivity index (χ2n) is 6.03. The van der Waals surface area contributed by atoms with Gasteiger partial charge in [0.25, 0.3) is 5.91 Å². The van der Waals surface area contributed by atoms with E-state index in [9.17, 15) is 4.79 Å². The van der Waals surface area contributed by atoms with Crippen molar-refractivity contribution >= 4 is 23.2 Å². The third-order valence-electron chi connectivity index (χ3n) is 4.09. The number of aryl methyl sites for hydroxylation is 2. The van der Waals surface area contributed by atoms with Gasteiger partial charge in [-0.3, -0.25) is 4.79 Å². The first-order valence-electron chi connectivity index (χ1n) is 8.05. The molecule has 0 radical (unpaired) electrons. The molecule has 1 aromatic heterocycles. The normalized spacial score (nSPS) is 12.3. The predicted molar refractivity (Wildman–Crippen MR) is 98.6 cm³/mol. The summed E-state index contributed by atoms with van der Waals surface area (Å²) in [4.78, 5) is 12.5. The Morgan fingerprint density at radius 1 is 1.12 bits per heavy atom. The number of amides is 1. The largest absolute Gasteiger partial charge is 0.454 e. The van der Waals surface area contributed by atoms with Crippen LogP contribution >= 0.6 is 11.6 Å². The van der Waals surface area contributed by atoms with Crippen LogP contribution in [0.15, 0.2) is 42.5 Å². The Morgan fingerprint density at radius 3 is 2.46 bits per heavy atom. The minimum atomic E-state index is -0.259. The number of fused-ring (bicyclic) bond motifs is 1. The minimum Gasteiger partial charge on any atom is -0.454 e. The van der Waals surface area contributed by atoms with Gasteiger partial charge in [0.2, 0.25) is 6.79 Å². The van der Waals surface area contributed by atoms with Gasteiger partial charge in [-0.2, -0.15) is 5.10 Å². The average molecular weight is 370 g/mol. The van der Waals surface area contributed by atoms with E-state index in [1.54, 1.807) is 24.3 Å². The maximum absolute atomic E-state index is 12.5. The van der Waals surface area contributed by atoms with Crippen LogP contribution in [0.25, 0.3) is 5.69 Å². The van der Waals surface area contributed by atoms with Crippen molar-refractivity contribution in [3.05, 3.63) is 64.4 Å². The van der Waals surface area contributed by atoms with Crippen molar-refractivity contribution in [2.24, 2.45) is 0 Å². The highest BCUT2D eigenvalue weighted by molar-refractivity contribution is 6.34. The molecule has 0 fully saturated rings. The van der Waals surface area contributed by atoms with E-state index in [4.69, 9.17) is 21.1 Å². The Hall–Kier alpha value is -2.99. The van der Waals surface area contributed by atoms with E-state index in [1.807, 2.05) is 36.7 Å². The van der Waals surface area contributed by atoms with Crippen molar-refractivity contribution in [3.63, 3.8) is 0 Å². The zero-order chi connectivity index (χ0) is 18.3. The summed E-state index contributed by atoms with van der Waals surface area (Å²) in [5.41, 5.74) is 3.87. The molecule has 0 atom stereocenters. The molecule has 26 heavy (non-hydrogen) atoms. The number of hydrogen-bond acceptors (Lipinski definition) is 4. The van der Waals surface area contributed by atoms with Crippen molar-refractivity contribution in [1.29, 1.82) is 0 Å². The zero-order valence-electron chi connectivity index (χ0n) is 14.2. The number of rotatable bonds is 3. The van der Waals surface area contributed by atoms with Crippen LogP contribution in [-0.2, 0) is 0 Å². The standard InChI is InChI=1S/C19H16ClN3O3/c1-11-7-12(2)23(22-11)14-5-3-13(4-6-14)19(24)21-16-9-18-17(8-15(16)20)25-10-26-18/h3-9H,10H2,1-2H3,(H,21,24). The molecular formula is C19H16ClN3O3. The van der Waals surface area contributed by atoms with E-state index in [-0.39, 0.29) is 12.7 Å². The van der Waals surface area contributed by atoms with E-state index in [2.05, 4.69) is 10.4 Å². The lowest BCUT2D eigenvalue weighted by molar-refractivity contribution is 0.102. The number of halogens is 1. The summed E-state index contributed by atoms with van der Waals surface area (Å²) in [6, 6.07) is 12.5. The van der Waals surface area contributed by atoms with Crippen molar-refractivity contribution in [2.45, 2.75) is 13.8 Å². The lowest BCUT2D eigenvalue weighted by Crippen LogP contribution is -2.12. The second kappa shape index (κ2) is 6.38. The van der Waals surface area contributed by atoms with Crippen LogP contribution in [0.4, 0.5) is 5.69 Å². The highest BCUT2D eigenvalue weighted by Crippen LogP contribution is 2.39. The molecular weight excluding hydrogens is 354 g/mol. The van der Waals surface area contributed by atoms with E-state index < -0.39 is 0 Å². The Labute approximate surface area is 155 Å². The van der Waals surface area contributed by atoms with Crippen LogP contribution in [0.2, 0.25) is 5.02 Å². The number of ether oxygens (including phenoxy) is 2. The van der Waals surface area contributed by atoms with Crippen molar-refractivity contribution in [2.75, 3.05) is 12.1 Å². The molecule has 2 heterocycles. The molecule has 6 nitrogen and oxygen atoms in total. The summed E-state index contributed by atoms with van der Waals surface area (Å²) in [5.74, 6) is 0.873. The quantitative estimate of drug-likeness (QED) is 0.754. The summed E-state index contributed by atoms with van der Waals surface area (Å²) in [6.07, 6.45) is 0. The Morgan fingerprint density at radius 2 is 1.81 bits per heavy atom. The summed E-state index contributed by atoms with van der Waals surface area (Å²) in [7, 11) is 0. The van der Waals surface area contributed by atoms with Gasteiger partial charge in [0.05, 0.1) is 22.1 Å².